The number of nitrogens with zero attached hydrogens (tertiary/aromatic N) is 3. The van der Waals surface area contributed by atoms with Crippen molar-refractivity contribution in [2.24, 2.45) is 0 Å². The number of hydrogen-bond donors (Lipinski definition) is 2. The van der Waals surface area contributed by atoms with Crippen molar-refractivity contribution in [1.82, 2.24) is 14.9 Å². The third-order valence-corrected chi connectivity index (χ3v) is 7.27. The molecule has 6 rings (SSSR count). The Balaban J connectivity index is 1.25. The van der Waals surface area contributed by atoms with Gasteiger partial charge in [0.15, 0.2) is 0 Å². The van der Waals surface area contributed by atoms with Crippen molar-refractivity contribution in [3.8, 4) is 5.75 Å². The molecule has 0 saturated carbocycles. The lowest BCUT2D eigenvalue weighted by atomic mass is 10.1. The fourth-order valence-corrected chi connectivity index (χ4v) is 5.23. The zero-order valence-electron chi connectivity index (χ0n) is 20.5. The van der Waals surface area contributed by atoms with Crippen LogP contribution in [0.25, 0.3) is 10.9 Å². The Bertz CT molecular complexity index is 1380. The zero-order valence-corrected chi connectivity index (χ0v) is 21.3. The number of nitrogens with one attached hydrogen (secondary N) is 2. The Morgan fingerprint density at radius 2 is 2.18 bits per heavy atom. The number of amides is 1. The van der Waals surface area contributed by atoms with E-state index in [0.29, 0.717) is 65.7 Å². The molecule has 2 bridgehead atoms. The minimum Gasteiger partial charge on any atom is -0.486 e. The molecule has 1 amide bonds. The molecule has 3 aliphatic heterocycles. The summed E-state index contributed by atoms with van der Waals surface area (Å²) in [6.45, 7) is 3.46. The average molecular weight is 540 g/mol. The van der Waals surface area contributed by atoms with Gasteiger partial charge in [0.1, 0.15) is 29.8 Å². The lowest BCUT2D eigenvalue weighted by molar-refractivity contribution is -0.111. The maximum atomic E-state index is 13.6. The van der Waals surface area contributed by atoms with E-state index in [0.717, 1.165) is 26.0 Å². The lowest BCUT2D eigenvalue weighted by Gasteiger charge is -2.25. The van der Waals surface area contributed by atoms with E-state index in [1.165, 1.54) is 18.5 Å². The first-order chi connectivity index (χ1) is 18.5. The fraction of sp³-hybridized carbons (Fsp3) is 0.370. The van der Waals surface area contributed by atoms with Crippen LogP contribution >= 0.6 is 11.6 Å². The molecule has 3 atom stereocenters. The predicted molar refractivity (Wildman–Crippen MR) is 142 cm³/mol. The van der Waals surface area contributed by atoms with E-state index in [1.54, 1.807) is 24.3 Å². The van der Waals surface area contributed by atoms with Crippen LogP contribution in [0, 0.1) is 5.82 Å². The number of hydrogen-bond acceptors (Lipinski definition) is 8. The van der Waals surface area contributed by atoms with Crippen molar-refractivity contribution < 1.29 is 23.4 Å². The molecule has 38 heavy (non-hydrogen) atoms. The molecule has 3 fully saturated rings. The largest absolute Gasteiger partial charge is 0.486 e. The van der Waals surface area contributed by atoms with Gasteiger partial charge >= 0.3 is 0 Å². The molecule has 3 unspecified atom stereocenters. The zero-order chi connectivity index (χ0) is 26.1. The van der Waals surface area contributed by atoms with Gasteiger partial charge in [-0.05, 0) is 30.7 Å². The van der Waals surface area contributed by atoms with E-state index in [9.17, 15) is 9.18 Å². The van der Waals surface area contributed by atoms with Gasteiger partial charge in [0.05, 0.1) is 42.2 Å². The Morgan fingerprint density at radius 3 is 2.95 bits per heavy atom. The van der Waals surface area contributed by atoms with Gasteiger partial charge in [0.25, 0.3) is 0 Å². The summed E-state index contributed by atoms with van der Waals surface area (Å²) in [4.78, 5) is 24.0. The second-order valence-corrected chi connectivity index (χ2v) is 10.0. The number of benzene rings is 2. The highest BCUT2D eigenvalue weighted by atomic mass is 35.5. The van der Waals surface area contributed by atoms with Crippen molar-refractivity contribution >= 4 is 45.6 Å². The van der Waals surface area contributed by atoms with Crippen molar-refractivity contribution in [1.29, 1.82) is 0 Å². The van der Waals surface area contributed by atoms with Crippen LogP contribution in [-0.4, -0.2) is 71.9 Å². The van der Waals surface area contributed by atoms with Crippen LogP contribution in [0.3, 0.4) is 0 Å². The van der Waals surface area contributed by atoms with Gasteiger partial charge < -0.3 is 24.8 Å². The number of likely N-dealkylation sites (tertiary alicyclic amines) is 1. The molecule has 3 saturated heterocycles. The summed E-state index contributed by atoms with van der Waals surface area (Å²) in [5, 5.41) is 6.76. The van der Waals surface area contributed by atoms with Gasteiger partial charge in [-0.2, -0.15) is 0 Å². The van der Waals surface area contributed by atoms with Crippen LogP contribution in [0.2, 0.25) is 5.02 Å². The fourth-order valence-electron chi connectivity index (χ4n) is 5.05. The second-order valence-electron chi connectivity index (χ2n) is 9.64. The first-order valence-electron chi connectivity index (χ1n) is 12.6. The van der Waals surface area contributed by atoms with E-state index in [-0.39, 0.29) is 17.0 Å². The normalized spacial score (nSPS) is 22.9. The van der Waals surface area contributed by atoms with Crippen LogP contribution in [0.4, 0.5) is 21.6 Å². The smallest absolute Gasteiger partial charge is 0.248 e. The molecule has 3 aromatic rings. The minimum absolute atomic E-state index is 0.00291. The lowest BCUT2D eigenvalue weighted by Crippen LogP contribution is -2.36. The summed E-state index contributed by atoms with van der Waals surface area (Å²) in [6, 6.07) is 8.31. The van der Waals surface area contributed by atoms with Crippen molar-refractivity contribution in [3.63, 3.8) is 0 Å². The van der Waals surface area contributed by atoms with Gasteiger partial charge in [-0.25, -0.2) is 14.4 Å². The monoisotopic (exact) mass is 539 g/mol. The minimum atomic E-state index is -0.508. The summed E-state index contributed by atoms with van der Waals surface area (Å²) < 4.78 is 30.9. The molecule has 4 heterocycles. The number of carbonyl (C=O) groups is 1. The maximum absolute atomic E-state index is 13.6. The van der Waals surface area contributed by atoms with Gasteiger partial charge in [-0.15, -0.1) is 0 Å². The number of ether oxygens (including phenoxy) is 3. The molecular weight excluding hydrogens is 513 g/mol. The molecule has 0 aliphatic carbocycles. The Kier molecular flexibility index (Phi) is 7.12. The summed E-state index contributed by atoms with van der Waals surface area (Å²) >= 11 is 5.95. The molecule has 3 aliphatic rings. The molecule has 0 radical (unpaired) electrons. The Morgan fingerprint density at radius 1 is 1.26 bits per heavy atom. The first kappa shape index (κ1) is 25.0. The van der Waals surface area contributed by atoms with E-state index < -0.39 is 5.82 Å². The molecular formula is C27H27ClFN5O4. The quantitative estimate of drug-likeness (QED) is 0.409. The van der Waals surface area contributed by atoms with Gasteiger partial charge in [-0.1, -0.05) is 17.7 Å². The highest BCUT2D eigenvalue weighted by Crippen LogP contribution is 2.35. The topological polar surface area (TPSA) is 97.8 Å². The summed E-state index contributed by atoms with van der Waals surface area (Å²) in [5.74, 6) is 0.198. The molecule has 11 heteroatoms. The number of morpholine rings is 1. The van der Waals surface area contributed by atoms with Crippen molar-refractivity contribution in [3.05, 3.63) is 59.7 Å². The molecule has 198 valence electrons. The van der Waals surface area contributed by atoms with E-state index in [4.69, 9.17) is 25.8 Å². The van der Waals surface area contributed by atoms with Gasteiger partial charge in [-0.3, -0.25) is 9.69 Å². The van der Waals surface area contributed by atoms with Crippen LogP contribution in [0.15, 0.2) is 48.8 Å². The molecule has 1 aromatic heterocycles. The maximum Gasteiger partial charge on any atom is 0.248 e. The Hall–Kier alpha value is -3.31. The molecule has 2 N–H and O–H groups in total. The average Bonchev–Trinajstić information content (AvgIpc) is 3.66. The predicted octanol–water partition coefficient (Wildman–Crippen LogP) is 4.30. The first-order valence-corrected chi connectivity index (χ1v) is 13.0. The van der Waals surface area contributed by atoms with E-state index >= 15 is 0 Å². The van der Waals surface area contributed by atoms with E-state index in [1.807, 2.05) is 6.08 Å². The number of aromatic nitrogens is 2. The van der Waals surface area contributed by atoms with Crippen molar-refractivity contribution in [2.45, 2.75) is 31.1 Å². The van der Waals surface area contributed by atoms with E-state index in [2.05, 4.69) is 25.5 Å². The SMILES string of the molecule is O=C(C=CCN1CC2CC1CO2)Nc1cc2c(Nc3ccc(F)c(Cl)c3)ncnc2cc1OC1CCOC1. The number of anilines is 3. The number of fused-ring (bicyclic) bond motifs is 3. The third-order valence-electron chi connectivity index (χ3n) is 6.98. The third kappa shape index (κ3) is 5.44. The molecule has 9 nitrogen and oxygen atoms in total. The van der Waals surface area contributed by atoms with Gasteiger partial charge in [0.2, 0.25) is 5.91 Å². The van der Waals surface area contributed by atoms with Gasteiger partial charge in [0, 0.05) is 48.8 Å². The highest BCUT2D eigenvalue weighted by molar-refractivity contribution is 6.31. The van der Waals surface area contributed by atoms with Crippen LogP contribution in [-0.2, 0) is 14.3 Å². The highest BCUT2D eigenvalue weighted by Gasteiger charge is 2.38. The standard InChI is InChI=1S/C27H27ClFN5O4/c28-21-8-16(3-4-22(21)29)32-27-20-10-24(25(11-23(20)30-15-31-27)38-18-5-7-36-14-18)33-26(35)2-1-6-34-12-19-9-17(34)13-37-19/h1-4,8,10-11,15,17-19H,5-7,9,12-14H2,(H,33,35)(H,30,31,32). The van der Waals surface area contributed by atoms with Crippen molar-refractivity contribution in [2.75, 3.05) is 43.5 Å². The molecule has 0 spiro atoms. The number of carbonyl (C=O) groups excluding carboxylic acids is 1. The summed E-state index contributed by atoms with van der Waals surface area (Å²) in [5.41, 5.74) is 1.67. The summed E-state index contributed by atoms with van der Waals surface area (Å²) in [6.07, 6.45) is 6.86. The van der Waals surface area contributed by atoms with Crippen LogP contribution in [0.5, 0.6) is 5.75 Å². The Labute approximate surface area is 223 Å². The number of halogens is 2. The van der Waals surface area contributed by atoms with Crippen LogP contribution in [0.1, 0.15) is 12.8 Å². The summed E-state index contributed by atoms with van der Waals surface area (Å²) in [7, 11) is 0. The number of rotatable bonds is 8. The molecule has 2 aromatic carbocycles. The second kappa shape index (κ2) is 10.8. The van der Waals surface area contributed by atoms with Crippen LogP contribution < -0.4 is 15.4 Å².